The fourth-order valence-electron chi connectivity index (χ4n) is 2.83. The summed E-state index contributed by atoms with van der Waals surface area (Å²) in [6.45, 7) is 1.59. The summed E-state index contributed by atoms with van der Waals surface area (Å²) in [4.78, 5) is 2.38. The number of aliphatic hydroxyl groups excluding tert-OH is 1. The van der Waals surface area contributed by atoms with Crippen molar-refractivity contribution in [1.29, 1.82) is 0 Å². The van der Waals surface area contributed by atoms with Crippen molar-refractivity contribution in [2.75, 3.05) is 20.1 Å². The third-order valence-corrected chi connectivity index (χ3v) is 4.17. The highest BCUT2D eigenvalue weighted by Gasteiger charge is 2.23. The number of hydrogen-bond donors (Lipinski definition) is 2. The molecule has 0 bridgehead atoms. The number of likely N-dealkylation sites (N-methyl/N-ethyl adjacent to an activating group) is 1. The smallest absolute Gasteiger partial charge is 0.0791 e. The Bertz CT molecular complexity index is 210. The molecule has 2 rings (SSSR count). The zero-order chi connectivity index (χ0) is 12.1. The summed E-state index contributed by atoms with van der Waals surface area (Å²) in [7, 11) is 2.18. The Morgan fingerprint density at radius 3 is 2.35 bits per heavy atom. The highest BCUT2D eigenvalue weighted by Crippen LogP contribution is 2.21. The molecule has 1 atom stereocenters. The molecular weight excluding hydrogens is 212 g/mol. The van der Waals surface area contributed by atoms with Crippen LogP contribution in [0.2, 0.25) is 0 Å². The van der Waals surface area contributed by atoms with E-state index in [-0.39, 0.29) is 6.10 Å². The second kappa shape index (κ2) is 6.72. The Hall–Kier alpha value is -0.120. The van der Waals surface area contributed by atoms with E-state index in [0.717, 1.165) is 13.1 Å². The largest absolute Gasteiger partial charge is 0.390 e. The van der Waals surface area contributed by atoms with Gasteiger partial charge in [0.15, 0.2) is 0 Å². The highest BCUT2D eigenvalue weighted by atomic mass is 16.3. The monoisotopic (exact) mass is 240 g/mol. The molecule has 0 saturated heterocycles. The molecule has 2 saturated carbocycles. The van der Waals surface area contributed by atoms with Crippen LogP contribution >= 0.6 is 0 Å². The van der Waals surface area contributed by atoms with Crippen LogP contribution in [0.1, 0.15) is 51.4 Å². The van der Waals surface area contributed by atoms with Gasteiger partial charge < -0.3 is 15.3 Å². The summed E-state index contributed by atoms with van der Waals surface area (Å²) >= 11 is 0. The lowest BCUT2D eigenvalue weighted by atomic mass is 10.1. The second-order valence-electron chi connectivity index (χ2n) is 5.92. The Labute approximate surface area is 106 Å². The van der Waals surface area contributed by atoms with Gasteiger partial charge in [-0.3, -0.25) is 0 Å². The molecule has 0 spiro atoms. The standard InChI is InChI=1S/C14H28N2O/c1-16(13-6-4-2-3-5-7-13)11-14(17)10-15-12-8-9-12/h12-15,17H,2-11H2,1H3. The molecule has 100 valence electrons. The van der Waals surface area contributed by atoms with E-state index in [0.29, 0.717) is 12.1 Å². The van der Waals surface area contributed by atoms with Gasteiger partial charge >= 0.3 is 0 Å². The fourth-order valence-corrected chi connectivity index (χ4v) is 2.83. The summed E-state index contributed by atoms with van der Waals surface area (Å²) in [6.07, 6.45) is 10.6. The first-order chi connectivity index (χ1) is 8.25. The van der Waals surface area contributed by atoms with E-state index in [1.54, 1.807) is 0 Å². The minimum Gasteiger partial charge on any atom is -0.390 e. The number of nitrogens with one attached hydrogen (secondary N) is 1. The number of hydrogen-bond acceptors (Lipinski definition) is 3. The van der Waals surface area contributed by atoms with Crippen LogP contribution in [0.3, 0.4) is 0 Å². The summed E-state index contributed by atoms with van der Waals surface area (Å²) in [5, 5.41) is 13.4. The summed E-state index contributed by atoms with van der Waals surface area (Å²) in [5.74, 6) is 0. The summed E-state index contributed by atoms with van der Waals surface area (Å²) < 4.78 is 0. The van der Waals surface area contributed by atoms with Crippen LogP contribution < -0.4 is 5.32 Å². The second-order valence-corrected chi connectivity index (χ2v) is 5.92. The summed E-state index contributed by atoms with van der Waals surface area (Å²) in [5.41, 5.74) is 0. The minimum absolute atomic E-state index is 0.205. The zero-order valence-electron chi connectivity index (χ0n) is 11.2. The fraction of sp³-hybridized carbons (Fsp3) is 1.00. The zero-order valence-corrected chi connectivity index (χ0v) is 11.2. The molecule has 0 aromatic carbocycles. The molecule has 0 radical (unpaired) electrons. The summed E-state index contributed by atoms with van der Waals surface area (Å²) in [6, 6.07) is 1.40. The molecule has 0 heterocycles. The Balaban J connectivity index is 1.64. The molecule has 0 aliphatic heterocycles. The van der Waals surface area contributed by atoms with E-state index in [4.69, 9.17) is 0 Å². The van der Waals surface area contributed by atoms with Crippen molar-refractivity contribution < 1.29 is 5.11 Å². The predicted molar refractivity (Wildman–Crippen MR) is 71.2 cm³/mol. The molecule has 1 unspecified atom stereocenters. The van der Waals surface area contributed by atoms with E-state index in [9.17, 15) is 5.11 Å². The number of rotatable bonds is 6. The lowest BCUT2D eigenvalue weighted by Gasteiger charge is -2.29. The molecule has 2 aliphatic rings. The van der Waals surface area contributed by atoms with Gasteiger partial charge in [0.2, 0.25) is 0 Å². The van der Waals surface area contributed by atoms with Crippen LogP contribution in [0.4, 0.5) is 0 Å². The topological polar surface area (TPSA) is 35.5 Å². The molecule has 0 amide bonds. The lowest BCUT2D eigenvalue weighted by Crippen LogP contribution is -2.41. The molecule has 3 nitrogen and oxygen atoms in total. The Kier molecular flexibility index (Phi) is 5.26. The molecule has 2 aliphatic carbocycles. The van der Waals surface area contributed by atoms with Gasteiger partial charge in [-0.1, -0.05) is 25.7 Å². The van der Waals surface area contributed by atoms with Gasteiger partial charge in [-0.25, -0.2) is 0 Å². The third-order valence-electron chi connectivity index (χ3n) is 4.17. The molecule has 0 aromatic heterocycles. The quantitative estimate of drug-likeness (QED) is 0.694. The maximum Gasteiger partial charge on any atom is 0.0791 e. The Morgan fingerprint density at radius 1 is 1.12 bits per heavy atom. The SMILES string of the molecule is CN(CC(O)CNC1CC1)C1CCCCCC1. The maximum atomic E-state index is 9.99. The average molecular weight is 240 g/mol. The number of aliphatic hydroxyl groups is 1. The van der Waals surface area contributed by atoms with E-state index in [1.807, 2.05) is 0 Å². The van der Waals surface area contributed by atoms with Gasteiger partial charge in [0, 0.05) is 25.2 Å². The molecular formula is C14H28N2O. The van der Waals surface area contributed by atoms with Crippen molar-refractivity contribution in [3.8, 4) is 0 Å². The minimum atomic E-state index is -0.205. The van der Waals surface area contributed by atoms with Gasteiger partial charge in [0.1, 0.15) is 0 Å². The van der Waals surface area contributed by atoms with Gasteiger partial charge in [-0.05, 0) is 32.7 Å². The van der Waals surface area contributed by atoms with Gasteiger partial charge in [-0.15, -0.1) is 0 Å². The van der Waals surface area contributed by atoms with Gasteiger partial charge in [0.05, 0.1) is 6.10 Å². The third kappa shape index (κ3) is 4.94. The maximum absolute atomic E-state index is 9.99. The lowest BCUT2D eigenvalue weighted by molar-refractivity contribution is 0.0977. The van der Waals surface area contributed by atoms with Crippen LogP contribution in [0.25, 0.3) is 0 Å². The first kappa shape index (κ1) is 13.3. The predicted octanol–water partition coefficient (Wildman–Crippen LogP) is 1.75. The first-order valence-electron chi connectivity index (χ1n) is 7.37. The molecule has 2 N–H and O–H groups in total. The van der Waals surface area contributed by atoms with Crippen LogP contribution in [-0.4, -0.2) is 48.3 Å². The van der Waals surface area contributed by atoms with E-state index < -0.39 is 0 Å². The molecule has 2 fully saturated rings. The van der Waals surface area contributed by atoms with Gasteiger partial charge in [-0.2, -0.15) is 0 Å². The molecule has 17 heavy (non-hydrogen) atoms. The van der Waals surface area contributed by atoms with E-state index in [1.165, 1.54) is 51.4 Å². The molecule has 3 heteroatoms. The normalized spacial score (nSPS) is 24.9. The number of nitrogens with zero attached hydrogens (tertiary/aromatic N) is 1. The van der Waals surface area contributed by atoms with Crippen LogP contribution in [-0.2, 0) is 0 Å². The van der Waals surface area contributed by atoms with Crippen molar-refractivity contribution in [2.45, 2.75) is 69.6 Å². The van der Waals surface area contributed by atoms with Gasteiger partial charge in [0.25, 0.3) is 0 Å². The van der Waals surface area contributed by atoms with Crippen molar-refractivity contribution >= 4 is 0 Å². The van der Waals surface area contributed by atoms with Crippen molar-refractivity contribution in [1.82, 2.24) is 10.2 Å². The van der Waals surface area contributed by atoms with Crippen LogP contribution in [0, 0.1) is 0 Å². The van der Waals surface area contributed by atoms with Crippen molar-refractivity contribution in [3.05, 3.63) is 0 Å². The van der Waals surface area contributed by atoms with Crippen LogP contribution in [0.5, 0.6) is 0 Å². The highest BCUT2D eigenvalue weighted by molar-refractivity contribution is 4.83. The first-order valence-corrected chi connectivity index (χ1v) is 7.37. The molecule has 0 aromatic rings. The van der Waals surface area contributed by atoms with E-state index in [2.05, 4.69) is 17.3 Å². The van der Waals surface area contributed by atoms with E-state index >= 15 is 0 Å². The Morgan fingerprint density at radius 2 is 1.76 bits per heavy atom. The average Bonchev–Trinajstić information content (AvgIpc) is 3.13. The van der Waals surface area contributed by atoms with Crippen molar-refractivity contribution in [3.63, 3.8) is 0 Å². The van der Waals surface area contributed by atoms with Crippen molar-refractivity contribution in [2.24, 2.45) is 0 Å². The van der Waals surface area contributed by atoms with Crippen LogP contribution in [0.15, 0.2) is 0 Å².